The number of amides is 1. The molecule has 0 aromatic heterocycles. The summed E-state index contributed by atoms with van der Waals surface area (Å²) in [6.07, 6.45) is 1.45. The Hall–Kier alpha value is -0.830. The van der Waals surface area contributed by atoms with E-state index in [1.807, 2.05) is 24.3 Å². The summed E-state index contributed by atoms with van der Waals surface area (Å²) in [7, 11) is 0. The first kappa shape index (κ1) is 11.2. The van der Waals surface area contributed by atoms with Crippen molar-refractivity contribution >= 4 is 27.5 Å². The quantitative estimate of drug-likeness (QED) is 0.824. The molecule has 0 saturated heterocycles. The highest BCUT2D eigenvalue weighted by atomic mass is 79.9. The van der Waals surface area contributed by atoms with Gasteiger partial charge in [0.05, 0.1) is 0 Å². The van der Waals surface area contributed by atoms with E-state index in [-0.39, 0.29) is 5.91 Å². The highest BCUT2D eigenvalue weighted by Crippen LogP contribution is 2.15. The van der Waals surface area contributed by atoms with Gasteiger partial charge in [-0.05, 0) is 18.1 Å². The summed E-state index contributed by atoms with van der Waals surface area (Å²) < 4.78 is 0. The maximum atomic E-state index is 11.3. The fourth-order valence-electron chi connectivity index (χ4n) is 1.25. The van der Waals surface area contributed by atoms with Gasteiger partial charge in [-0.25, -0.2) is 0 Å². The van der Waals surface area contributed by atoms with Gasteiger partial charge in [-0.15, -0.1) is 0 Å². The molecule has 0 unspecified atom stereocenters. The van der Waals surface area contributed by atoms with Gasteiger partial charge in [0.15, 0.2) is 0 Å². The van der Waals surface area contributed by atoms with E-state index in [4.69, 9.17) is 0 Å². The number of hydrogen-bond donors (Lipinski definition) is 1. The summed E-state index contributed by atoms with van der Waals surface area (Å²) in [6.45, 7) is 2.08. The lowest BCUT2D eigenvalue weighted by atomic mass is 10.1. The third-order valence-corrected chi connectivity index (χ3v) is 2.39. The lowest BCUT2D eigenvalue weighted by molar-refractivity contribution is -0.115. The van der Waals surface area contributed by atoms with E-state index in [0.29, 0.717) is 11.8 Å². The van der Waals surface area contributed by atoms with Crippen LogP contribution in [0.25, 0.3) is 0 Å². The number of halogens is 1. The van der Waals surface area contributed by atoms with Crippen molar-refractivity contribution in [1.82, 2.24) is 0 Å². The summed E-state index contributed by atoms with van der Waals surface area (Å²) in [5.74, 6) is 0.0581. The van der Waals surface area contributed by atoms with E-state index < -0.39 is 0 Å². The van der Waals surface area contributed by atoms with Crippen LogP contribution < -0.4 is 5.32 Å². The summed E-state index contributed by atoms with van der Waals surface area (Å²) in [5.41, 5.74) is 2.11. The standard InChI is InChI=1S/C11H14BrNO/c1-2-9-5-3-4-6-10(9)13-11(14)7-8-12/h3-6H,2,7-8H2,1H3,(H,13,14). The predicted octanol–water partition coefficient (Wildman–Crippen LogP) is 2.97. The Morgan fingerprint density at radius 2 is 2.14 bits per heavy atom. The molecule has 3 heteroatoms. The zero-order chi connectivity index (χ0) is 10.4. The maximum absolute atomic E-state index is 11.3. The molecule has 0 aliphatic carbocycles. The van der Waals surface area contributed by atoms with Gasteiger partial charge in [0.1, 0.15) is 0 Å². The lowest BCUT2D eigenvalue weighted by Crippen LogP contribution is -2.12. The molecule has 1 N–H and O–H groups in total. The van der Waals surface area contributed by atoms with Crippen LogP contribution in [0.5, 0.6) is 0 Å². The van der Waals surface area contributed by atoms with Crippen molar-refractivity contribution in [3.05, 3.63) is 29.8 Å². The topological polar surface area (TPSA) is 29.1 Å². The number of carbonyl (C=O) groups excluding carboxylic acids is 1. The van der Waals surface area contributed by atoms with Crippen molar-refractivity contribution < 1.29 is 4.79 Å². The Balaban J connectivity index is 2.70. The van der Waals surface area contributed by atoms with Crippen LogP contribution in [0.3, 0.4) is 0 Å². The van der Waals surface area contributed by atoms with Crippen LogP contribution in [0.1, 0.15) is 18.9 Å². The molecule has 0 heterocycles. The zero-order valence-corrected chi connectivity index (χ0v) is 9.80. The van der Waals surface area contributed by atoms with Crippen LogP contribution >= 0.6 is 15.9 Å². The van der Waals surface area contributed by atoms with Crippen LogP contribution in [0, 0.1) is 0 Å². The van der Waals surface area contributed by atoms with E-state index in [1.54, 1.807) is 0 Å². The number of para-hydroxylation sites is 1. The zero-order valence-electron chi connectivity index (χ0n) is 8.22. The molecule has 0 aliphatic heterocycles. The molecule has 0 aliphatic rings. The van der Waals surface area contributed by atoms with Gasteiger partial charge >= 0.3 is 0 Å². The minimum absolute atomic E-state index is 0.0581. The summed E-state index contributed by atoms with van der Waals surface area (Å²) in [5, 5.41) is 3.59. The third-order valence-electron chi connectivity index (χ3n) is 1.99. The smallest absolute Gasteiger partial charge is 0.225 e. The molecule has 76 valence electrons. The Labute approximate surface area is 92.8 Å². The van der Waals surface area contributed by atoms with E-state index in [0.717, 1.165) is 12.1 Å². The molecule has 1 rings (SSSR count). The van der Waals surface area contributed by atoms with Crippen molar-refractivity contribution in [2.45, 2.75) is 19.8 Å². The monoisotopic (exact) mass is 255 g/mol. The number of benzene rings is 1. The van der Waals surface area contributed by atoms with Crippen LogP contribution in [0.15, 0.2) is 24.3 Å². The number of alkyl halides is 1. The largest absolute Gasteiger partial charge is 0.326 e. The third kappa shape index (κ3) is 3.14. The van der Waals surface area contributed by atoms with Gasteiger partial charge in [-0.3, -0.25) is 4.79 Å². The molecule has 0 atom stereocenters. The van der Waals surface area contributed by atoms with Gasteiger partial charge in [-0.2, -0.15) is 0 Å². The van der Waals surface area contributed by atoms with Crippen molar-refractivity contribution in [1.29, 1.82) is 0 Å². The number of carbonyl (C=O) groups is 1. The molecule has 2 nitrogen and oxygen atoms in total. The first-order valence-corrected chi connectivity index (χ1v) is 5.83. The Kier molecular flexibility index (Phi) is 4.66. The predicted molar refractivity (Wildman–Crippen MR) is 62.9 cm³/mol. The normalized spacial score (nSPS) is 9.86. The second-order valence-electron chi connectivity index (χ2n) is 3.00. The lowest BCUT2D eigenvalue weighted by Gasteiger charge is -2.08. The molecule has 1 aromatic carbocycles. The number of anilines is 1. The van der Waals surface area contributed by atoms with E-state index in [1.165, 1.54) is 5.56 Å². The fourth-order valence-corrected chi connectivity index (χ4v) is 1.61. The van der Waals surface area contributed by atoms with Gasteiger partial charge in [0.2, 0.25) is 5.91 Å². The molecular formula is C11H14BrNO. The molecule has 1 aromatic rings. The molecule has 0 fully saturated rings. The SMILES string of the molecule is CCc1ccccc1NC(=O)CCBr. The molecule has 0 saturated carbocycles. The van der Waals surface area contributed by atoms with Crippen molar-refractivity contribution in [2.24, 2.45) is 0 Å². The molecule has 0 bridgehead atoms. The summed E-state index contributed by atoms with van der Waals surface area (Å²) in [6, 6.07) is 7.89. The summed E-state index contributed by atoms with van der Waals surface area (Å²) >= 11 is 3.24. The highest BCUT2D eigenvalue weighted by molar-refractivity contribution is 9.09. The van der Waals surface area contributed by atoms with Crippen LogP contribution in [-0.2, 0) is 11.2 Å². The fraction of sp³-hybridized carbons (Fsp3) is 0.364. The highest BCUT2D eigenvalue weighted by Gasteiger charge is 2.03. The number of nitrogens with one attached hydrogen (secondary N) is 1. The maximum Gasteiger partial charge on any atom is 0.225 e. The van der Waals surface area contributed by atoms with Crippen LogP contribution in [-0.4, -0.2) is 11.2 Å². The average molecular weight is 256 g/mol. The first-order valence-electron chi connectivity index (χ1n) is 4.71. The minimum Gasteiger partial charge on any atom is -0.326 e. The Bertz CT molecular complexity index is 312. The molecule has 1 amide bonds. The second kappa shape index (κ2) is 5.81. The summed E-state index contributed by atoms with van der Waals surface area (Å²) in [4.78, 5) is 11.3. The number of aryl methyl sites for hydroxylation is 1. The van der Waals surface area contributed by atoms with Gasteiger partial charge < -0.3 is 5.32 Å². The number of hydrogen-bond acceptors (Lipinski definition) is 1. The average Bonchev–Trinajstić information content (AvgIpc) is 2.19. The van der Waals surface area contributed by atoms with Gasteiger partial charge in [0, 0.05) is 17.4 Å². The van der Waals surface area contributed by atoms with E-state index in [9.17, 15) is 4.79 Å². The first-order chi connectivity index (χ1) is 6.77. The van der Waals surface area contributed by atoms with E-state index in [2.05, 4.69) is 28.2 Å². The second-order valence-corrected chi connectivity index (χ2v) is 3.79. The van der Waals surface area contributed by atoms with Crippen LogP contribution in [0.2, 0.25) is 0 Å². The Morgan fingerprint density at radius 3 is 2.79 bits per heavy atom. The molecule has 0 spiro atoms. The Morgan fingerprint density at radius 1 is 1.43 bits per heavy atom. The van der Waals surface area contributed by atoms with Gasteiger partial charge in [0.25, 0.3) is 0 Å². The minimum atomic E-state index is 0.0581. The van der Waals surface area contributed by atoms with Crippen molar-refractivity contribution in [3.63, 3.8) is 0 Å². The van der Waals surface area contributed by atoms with Gasteiger partial charge in [-0.1, -0.05) is 41.1 Å². The molecular weight excluding hydrogens is 242 g/mol. The number of rotatable bonds is 4. The van der Waals surface area contributed by atoms with Crippen LogP contribution in [0.4, 0.5) is 5.69 Å². The molecule has 0 radical (unpaired) electrons. The van der Waals surface area contributed by atoms with Crippen molar-refractivity contribution in [3.8, 4) is 0 Å². The molecule has 14 heavy (non-hydrogen) atoms. The van der Waals surface area contributed by atoms with Crippen molar-refractivity contribution in [2.75, 3.05) is 10.6 Å². The van der Waals surface area contributed by atoms with E-state index >= 15 is 0 Å².